The van der Waals surface area contributed by atoms with Gasteiger partial charge in [-0.1, -0.05) is 24.3 Å². The van der Waals surface area contributed by atoms with E-state index in [4.69, 9.17) is 5.11 Å². The molecule has 0 amide bonds. The highest BCUT2D eigenvalue weighted by molar-refractivity contribution is 6.03. The van der Waals surface area contributed by atoms with Gasteiger partial charge in [0.25, 0.3) is 0 Å². The number of aliphatic carboxylic acids is 1. The number of hydrogen-bond acceptors (Lipinski definition) is 2. The lowest BCUT2D eigenvalue weighted by Gasteiger charge is -2.04. The molecule has 1 aliphatic rings. The highest BCUT2D eigenvalue weighted by Gasteiger charge is 2.17. The van der Waals surface area contributed by atoms with E-state index in [0.717, 1.165) is 22.4 Å². The second kappa shape index (κ2) is 4.89. The van der Waals surface area contributed by atoms with Crippen LogP contribution >= 0.6 is 0 Å². The van der Waals surface area contributed by atoms with Crippen LogP contribution in [0.25, 0.3) is 11.1 Å². The Balaban J connectivity index is 1.92. The van der Waals surface area contributed by atoms with Crippen LogP contribution in [0.3, 0.4) is 0 Å². The Morgan fingerprint density at radius 1 is 1.15 bits per heavy atom. The van der Waals surface area contributed by atoms with Crippen LogP contribution in [0.1, 0.15) is 12.0 Å². The van der Waals surface area contributed by atoms with Gasteiger partial charge in [0.2, 0.25) is 0 Å². The molecule has 1 aliphatic heterocycles. The van der Waals surface area contributed by atoms with E-state index in [2.05, 4.69) is 4.99 Å². The molecule has 0 aromatic heterocycles. The number of aliphatic imine (C=N–C) groups is 1. The van der Waals surface area contributed by atoms with Crippen LogP contribution in [-0.2, 0) is 11.2 Å². The van der Waals surface area contributed by atoms with E-state index in [9.17, 15) is 9.18 Å². The van der Waals surface area contributed by atoms with Gasteiger partial charge in [-0.05, 0) is 34.9 Å². The van der Waals surface area contributed by atoms with Crippen molar-refractivity contribution in [2.45, 2.75) is 12.8 Å². The summed E-state index contributed by atoms with van der Waals surface area (Å²) in [5.74, 6) is -1.13. The van der Waals surface area contributed by atoms with E-state index in [1.165, 1.54) is 12.1 Å². The molecule has 3 rings (SSSR count). The summed E-state index contributed by atoms with van der Waals surface area (Å²) in [6.45, 7) is 0. The van der Waals surface area contributed by atoms with E-state index in [-0.39, 0.29) is 12.2 Å². The van der Waals surface area contributed by atoms with Crippen molar-refractivity contribution in [2.75, 3.05) is 0 Å². The van der Waals surface area contributed by atoms with Crippen molar-refractivity contribution in [2.24, 2.45) is 4.99 Å². The van der Waals surface area contributed by atoms with Gasteiger partial charge in [-0.3, -0.25) is 9.79 Å². The van der Waals surface area contributed by atoms with Crippen LogP contribution in [-0.4, -0.2) is 16.8 Å². The average molecular weight is 269 g/mol. The first-order chi connectivity index (χ1) is 9.61. The molecule has 0 saturated carbocycles. The van der Waals surface area contributed by atoms with Crippen molar-refractivity contribution in [3.8, 4) is 11.1 Å². The summed E-state index contributed by atoms with van der Waals surface area (Å²) in [7, 11) is 0. The third-order valence-corrected chi connectivity index (χ3v) is 3.29. The van der Waals surface area contributed by atoms with Crippen molar-refractivity contribution < 1.29 is 14.3 Å². The standard InChI is InChI=1S/C16H12FNO2/c17-13-5-3-10(4-6-13)11-1-2-12-7-14(9-16(19)20)18-15(12)8-11/h1-6,8H,7,9H2,(H,19,20). The Morgan fingerprint density at radius 2 is 1.85 bits per heavy atom. The Bertz CT molecular complexity index is 705. The van der Waals surface area contributed by atoms with Crippen molar-refractivity contribution in [1.29, 1.82) is 0 Å². The third-order valence-electron chi connectivity index (χ3n) is 3.29. The molecule has 4 heteroatoms. The Hall–Kier alpha value is -2.49. The maximum Gasteiger partial charge on any atom is 0.309 e. The number of carbonyl (C=O) groups is 1. The summed E-state index contributed by atoms with van der Waals surface area (Å²) in [6, 6.07) is 12.1. The molecule has 1 N–H and O–H groups in total. The number of fused-ring (bicyclic) bond motifs is 1. The smallest absolute Gasteiger partial charge is 0.309 e. The number of hydrogen-bond donors (Lipinski definition) is 1. The van der Waals surface area contributed by atoms with Crippen molar-refractivity contribution in [3.05, 3.63) is 53.8 Å². The zero-order valence-corrected chi connectivity index (χ0v) is 10.6. The molecule has 0 spiro atoms. The summed E-state index contributed by atoms with van der Waals surface area (Å²) in [5.41, 5.74) is 4.37. The second-order valence-electron chi connectivity index (χ2n) is 4.78. The molecular formula is C16H12FNO2. The number of rotatable bonds is 3. The van der Waals surface area contributed by atoms with Crippen LogP contribution in [0.4, 0.5) is 10.1 Å². The molecule has 2 aromatic carbocycles. The summed E-state index contributed by atoms with van der Waals surface area (Å²) < 4.78 is 12.9. The molecule has 0 aliphatic carbocycles. The fourth-order valence-electron chi connectivity index (χ4n) is 2.35. The lowest BCUT2D eigenvalue weighted by Crippen LogP contribution is -2.06. The highest BCUT2D eigenvalue weighted by Crippen LogP contribution is 2.32. The number of carboxylic acid groups (broad SMARTS) is 1. The van der Waals surface area contributed by atoms with Gasteiger partial charge in [-0.25, -0.2) is 4.39 Å². The van der Waals surface area contributed by atoms with Crippen molar-refractivity contribution in [1.82, 2.24) is 0 Å². The lowest BCUT2D eigenvalue weighted by molar-refractivity contribution is -0.135. The molecule has 3 nitrogen and oxygen atoms in total. The fourth-order valence-corrected chi connectivity index (χ4v) is 2.35. The van der Waals surface area contributed by atoms with Crippen LogP contribution in [0.2, 0.25) is 0 Å². The van der Waals surface area contributed by atoms with Gasteiger partial charge in [0.1, 0.15) is 5.82 Å². The summed E-state index contributed by atoms with van der Waals surface area (Å²) in [5, 5.41) is 8.80. The first-order valence-electron chi connectivity index (χ1n) is 6.29. The molecule has 0 atom stereocenters. The molecule has 100 valence electrons. The zero-order valence-electron chi connectivity index (χ0n) is 10.6. The molecule has 20 heavy (non-hydrogen) atoms. The summed E-state index contributed by atoms with van der Waals surface area (Å²) in [4.78, 5) is 15.1. The average Bonchev–Trinajstić information content (AvgIpc) is 2.79. The van der Waals surface area contributed by atoms with Crippen LogP contribution in [0.15, 0.2) is 47.5 Å². The predicted molar refractivity (Wildman–Crippen MR) is 74.9 cm³/mol. The summed E-state index contributed by atoms with van der Waals surface area (Å²) >= 11 is 0. The minimum atomic E-state index is -0.865. The molecule has 0 saturated heterocycles. The van der Waals surface area contributed by atoms with E-state index in [1.54, 1.807) is 12.1 Å². The monoisotopic (exact) mass is 269 g/mol. The van der Waals surface area contributed by atoms with Gasteiger partial charge in [-0.2, -0.15) is 0 Å². The molecule has 0 fully saturated rings. The quantitative estimate of drug-likeness (QED) is 0.925. The van der Waals surface area contributed by atoms with E-state index >= 15 is 0 Å². The largest absolute Gasteiger partial charge is 0.481 e. The normalized spacial score (nSPS) is 12.9. The summed E-state index contributed by atoms with van der Waals surface area (Å²) in [6.07, 6.45) is 0.561. The number of carboxylic acids is 1. The lowest BCUT2D eigenvalue weighted by atomic mass is 10.0. The second-order valence-corrected chi connectivity index (χ2v) is 4.78. The topological polar surface area (TPSA) is 49.7 Å². The van der Waals surface area contributed by atoms with Crippen LogP contribution in [0.5, 0.6) is 0 Å². The van der Waals surface area contributed by atoms with Gasteiger partial charge < -0.3 is 5.11 Å². The first-order valence-corrected chi connectivity index (χ1v) is 6.29. The maximum atomic E-state index is 12.9. The SMILES string of the molecule is O=C(O)CC1=Nc2cc(-c3ccc(F)cc3)ccc2C1. The molecular weight excluding hydrogens is 257 g/mol. The third kappa shape index (κ3) is 2.45. The Kier molecular flexibility index (Phi) is 3.06. The van der Waals surface area contributed by atoms with E-state index < -0.39 is 5.97 Å². The molecule has 2 aromatic rings. The highest BCUT2D eigenvalue weighted by atomic mass is 19.1. The zero-order chi connectivity index (χ0) is 14.1. The molecule has 0 bridgehead atoms. The minimum absolute atomic E-state index is 0.0272. The first kappa shape index (κ1) is 12.5. The Morgan fingerprint density at radius 3 is 2.55 bits per heavy atom. The number of nitrogens with zero attached hydrogens (tertiary/aromatic N) is 1. The number of benzene rings is 2. The van der Waals surface area contributed by atoms with Gasteiger partial charge in [0, 0.05) is 12.1 Å². The van der Waals surface area contributed by atoms with Crippen LogP contribution in [0, 0.1) is 5.82 Å². The van der Waals surface area contributed by atoms with Crippen LogP contribution < -0.4 is 0 Å². The van der Waals surface area contributed by atoms with Gasteiger partial charge >= 0.3 is 5.97 Å². The molecule has 1 heterocycles. The van der Waals surface area contributed by atoms with Gasteiger partial charge in [0.05, 0.1) is 12.1 Å². The molecule has 0 unspecified atom stereocenters. The fraction of sp³-hybridized carbons (Fsp3) is 0.125. The molecule has 0 radical (unpaired) electrons. The van der Waals surface area contributed by atoms with Gasteiger partial charge in [0.15, 0.2) is 0 Å². The van der Waals surface area contributed by atoms with E-state index in [0.29, 0.717) is 12.1 Å². The van der Waals surface area contributed by atoms with Crippen molar-refractivity contribution in [3.63, 3.8) is 0 Å². The predicted octanol–water partition coefficient (Wildman–Crippen LogP) is 3.60. The van der Waals surface area contributed by atoms with Gasteiger partial charge in [-0.15, -0.1) is 0 Å². The minimum Gasteiger partial charge on any atom is -0.481 e. The number of halogens is 1. The maximum absolute atomic E-state index is 12.9. The van der Waals surface area contributed by atoms with Crippen molar-refractivity contribution >= 4 is 17.4 Å². The Labute approximate surface area is 115 Å². The van der Waals surface area contributed by atoms with E-state index in [1.807, 2.05) is 18.2 Å².